The first-order valence-electron chi connectivity index (χ1n) is 10.5. The Morgan fingerprint density at radius 3 is 2.50 bits per heavy atom. The Hall–Kier alpha value is -2.17. The van der Waals surface area contributed by atoms with E-state index in [2.05, 4.69) is 53.5 Å². The van der Waals surface area contributed by atoms with Crippen LogP contribution >= 0.6 is 0 Å². The van der Waals surface area contributed by atoms with Crippen LogP contribution in [0.15, 0.2) is 42.5 Å². The minimum absolute atomic E-state index is 0.0206. The standard InChI is InChI=1S/C24H30N2O2/c1-18-6-8-20(9-7-18)23(17-26-12-14-28-15-13-26)25-24(27)22-11-10-19-4-2-3-5-21(19)16-22/h6-11,16,23H,2-5,12-15,17H2,1H3,(H,25,27)/t23-/m1/s1. The summed E-state index contributed by atoms with van der Waals surface area (Å²) in [5.74, 6) is 0.0206. The number of carbonyl (C=O) groups is 1. The number of nitrogens with zero attached hydrogens (tertiary/aromatic N) is 1. The summed E-state index contributed by atoms with van der Waals surface area (Å²) in [5.41, 5.74) is 5.92. The van der Waals surface area contributed by atoms with Gasteiger partial charge >= 0.3 is 0 Å². The molecule has 4 heteroatoms. The fourth-order valence-corrected chi connectivity index (χ4v) is 4.19. The van der Waals surface area contributed by atoms with E-state index in [0.29, 0.717) is 0 Å². The van der Waals surface area contributed by atoms with Gasteiger partial charge in [-0.1, -0.05) is 35.9 Å². The van der Waals surface area contributed by atoms with Crippen molar-refractivity contribution in [1.29, 1.82) is 0 Å². The number of ether oxygens (including phenoxy) is 1. The average molecular weight is 379 g/mol. The molecule has 148 valence electrons. The Morgan fingerprint density at radius 2 is 1.75 bits per heavy atom. The summed E-state index contributed by atoms with van der Waals surface area (Å²) >= 11 is 0. The molecule has 1 aliphatic carbocycles. The number of nitrogens with one attached hydrogen (secondary N) is 1. The largest absolute Gasteiger partial charge is 0.379 e. The number of aryl methyl sites for hydroxylation is 3. The Morgan fingerprint density at radius 1 is 1.04 bits per heavy atom. The third-order valence-electron chi connectivity index (χ3n) is 5.94. The first-order valence-corrected chi connectivity index (χ1v) is 10.5. The second kappa shape index (κ2) is 8.89. The molecule has 0 spiro atoms. The molecule has 2 aromatic carbocycles. The van der Waals surface area contributed by atoms with E-state index in [1.54, 1.807) is 0 Å². The number of amides is 1. The van der Waals surface area contributed by atoms with Crippen molar-refractivity contribution in [2.24, 2.45) is 0 Å². The molecule has 4 nitrogen and oxygen atoms in total. The maximum absolute atomic E-state index is 13.1. The third-order valence-corrected chi connectivity index (χ3v) is 5.94. The van der Waals surface area contributed by atoms with Gasteiger partial charge in [0, 0.05) is 25.2 Å². The summed E-state index contributed by atoms with van der Waals surface area (Å²) in [5, 5.41) is 3.30. The van der Waals surface area contributed by atoms with Crippen molar-refractivity contribution in [1.82, 2.24) is 10.2 Å². The van der Waals surface area contributed by atoms with E-state index in [-0.39, 0.29) is 11.9 Å². The number of benzene rings is 2. The van der Waals surface area contributed by atoms with E-state index >= 15 is 0 Å². The second-order valence-electron chi connectivity index (χ2n) is 8.04. The topological polar surface area (TPSA) is 41.6 Å². The second-order valence-corrected chi connectivity index (χ2v) is 8.04. The van der Waals surface area contributed by atoms with Gasteiger partial charge in [-0.2, -0.15) is 0 Å². The molecule has 1 atom stereocenters. The van der Waals surface area contributed by atoms with Crippen LogP contribution < -0.4 is 5.32 Å². The summed E-state index contributed by atoms with van der Waals surface area (Å²) in [6.45, 7) is 6.25. The van der Waals surface area contributed by atoms with Crippen LogP contribution in [0.25, 0.3) is 0 Å². The Kier molecular flexibility index (Phi) is 6.08. The van der Waals surface area contributed by atoms with Gasteiger partial charge in [-0.15, -0.1) is 0 Å². The van der Waals surface area contributed by atoms with Crippen molar-refractivity contribution in [2.45, 2.75) is 38.6 Å². The van der Waals surface area contributed by atoms with Gasteiger partial charge in [0.2, 0.25) is 0 Å². The van der Waals surface area contributed by atoms with Gasteiger partial charge in [-0.05, 0) is 61.4 Å². The highest BCUT2D eigenvalue weighted by atomic mass is 16.5. The predicted molar refractivity (Wildman–Crippen MR) is 112 cm³/mol. The minimum Gasteiger partial charge on any atom is -0.379 e. The van der Waals surface area contributed by atoms with Crippen LogP contribution in [0.5, 0.6) is 0 Å². The van der Waals surface area contributed by atoms with Crippen LogP contribution in [-0.2, 0) is 17.6 Å². The van der Waals surface area contributed by atoms with E-state index < -0.39 is 0 Å². The molecular weight excluding hydrogens is 348 g/mol. The number of rotatable bonds is 5. The highest BCUT2D eigenvalue weighted by molar-refractivity contribution is 5.94. The monoisotopic (exact) mass is 378 g/mol. The Labute approximate surface area is 167 Å². The normalized spacial score (nSPS) is 18.3. The summed E-state index contributed by atoms with van der Waals surface area (Å²) in [4.78, 5) is 15.4. The SMILES string of the molecule is Cc1ccc([C@@H](CN2CCOCC2)NC(=O)c2ccc3c(c2)CCCC3)cc1. The van der Waals surface area contributed by atoms with Crippen LogP contribution in [0.1, 0.15) is 51.5 Å². The molecule has 0 radical (unpaired) electrons. The molecule has 1 fully saturated rings. The molecule has 1 N–H and O–H groups in total. The highest BCUT2D eigenvalue weighted by Gasteiger charge is 2.21. The predicted octanol–water partition coefficient (Wildman–Crippen LogP) is 3.68. The summed E-state index contributed by atoms with van der Waals surface area (Å²) in [6.07, 6.45) is 4.71. The first kappa shape index (κ1) is 19.2. The number of hydrogen-bond acceptors (Lipinski definition) is 3. The zero-order valence-corrected chi connectivity index (χ0v) is 16.7. The van der Waals surface area contributed by atoms with E-state index in [1.807, 2.05) is 6.07 Å². The molecule has 28 heavy (non-hydrogen) atoms. The van der Waals surface area contributed by atoms with Crippen molar-refractivity contribution in [2.75, 3.05) is 32.8 Å². The number of fused-ring (bicyclic) bond motifs is 1. The molecule has 1 saturated heterocycles. The van der Waals surface area contributed by atoms with E-state index in [9.17, 15) is 4.79 Å². The van der Waals surface area contributed by atoms with Gasteiger partial charge < -0.3 is 10.1 Å². The quantitative estimate of drug-likeness (QED) is 0.863. The highest BCUT2D eigenvalue weighted by Crippen LogP contribution is 2.23. The van der Waals surface area contributed by atoms with Crippen LogP contribution in [0, 0.1) is 6.92 Å². The molecule has 2 aliphatic rings. The zero-order valence-electron chi connectivity index (χ0n) is 16.7. The lowest BCUT2D eigenvalue weighted by molar-refractivity contribution is 0.0332. The smallest absolute Gasteiger partial charge is 0.251 e. The van der Waals surface area contributed by atoms with Crippen LogP contribution in [0.3, 0.4) is 0 Å². The van der Waals surface area contributed by atoms with Crippen molar-refractivity contribution >= 4 is 5.91 Å². The molecule has 2 aromatic rings. The summed E-state index contributed by atoms with van der Waals surface area (Å²) in [7, 11) is 0. The van der Waals surface area contributed by atoms with Crippen molar-refractivity contribution in [3.8, 4) is 0 Å². The van der Waals surface area contributed by atoms with E-state index in [4.69, 9.17) is 4.74 Å². The van der Waals surface area contributed by atoms with E-state index in [1.165, 1.54) is 29.5 Å². The van der Waals surface area contributed by atoms with Crippen LogP contribution in [0.2, 0.25) is 0 Å². The molecule has 1 amide bonds. The lowest BCUT2D eigenvalue weighted by Gasteiger charge is -2.31. The first-order chi connectivity index (χ1) is 13.7. The van der Waals surface area contributed by atoms with Gasteiger partial charge in [-0.25, -0.2) is 0 Å². The van der Waals surface area contributed by atoms with Crippen LogP contribution in [0.4, 0.5) is 0 Å². The number of hydrogen-bond donors (Lipinski definition) is 1. The van der Waals surface area contributed by atoms with Crippen molar-refractivity contribution in [3.63, 3.8) is 0 Å². The molecule has 0 bridgehead atoms. The van der Waals surface area contributed by atoms with Crippen molar-refractivity contribution in [3.05, 3.63) is 70.3 Å². The fraction of sp³-hybridized carbons (Fsp3) is 0.458. The van der Waals surface area contributed by atoms with Gasteiger partial charge in [0.1, 0.15) is 0 Å². The Balaban J connectivity index is 1.52. The third kappa shape index (κ3) is 4.62. The van der Waals surface area contributed by atoms with Crippen molar-refractivity contribution < 1.29 is 9.53 Å². The minimum atomic E-state index is -0.0257. The maximum atomic E-state index is 13.1. The zero-order chi connectivity index (χ0) is 19.3. The average Bonchev–Trinajstić information content (AvgIpc) is 2.74. The van der Waals surface area contributed by atoms with Gasteiger partial charge in [-0.3, -0.25) is 9.69 Å². The van der Waals surface area contributed by atoms with Crippen LogP contribution in [-0.4, -0.2) is 43.7 Å². The molecule has 0 aromatic heterocycles. The Bertz CT molecular complexity index is 810. The lowest BCUT2D eigenvalue weighted by Crippen LogP contribution is -2.43. The summed E-state index contributed by atoms with van der Waals surface area (Å²) < 4.78 is 5.48. The maximum Gasteiger partial charge on any atom is 0.251 e. The number of morpholine rings is 1. The molecular formula is C24H30N2O2. The van der Waals surface area contributed by atoms with Gasteiger partial charge in [0.25, 0.3) is 5.91 Å². The summed E-state index contributed by atoms with van der Waals surface area (Å²) in [6, 6.07) is 14.7. The number of carbonyl (C=O) groups excluding carboxylic acids is 1. The molecule has 0 saturated carbocycles. The molecule has 4 rings (SSSR count). The molecule has 1 heterocycles. The van der Waals surface area contributed by atoms with Gasteiger partial charge in [0.05, 0.1) is 19.3 Å². The van der Waals surface area contributed by atoms with Gasteiger partial charge in [0.15, 0.2) is 0 Å². The van der Waals surface area contributed by atoms with E-state index in [0.717, 1.165) is 56.8 Å². The fourth-order valence-electron chi connectivity index (χ4n) is 4.19. The lowest BCUT2D eigenvalue weighted by atomic mass is 9.90. The molecule has 0 unspecified atom stereocenters. The molecule has 1 aliphatic heterocycles.